The van der Waals surface area contributed by atoms with Gasteiger partial charge in [0.1, 0.15) is 11.8 Å². The fraction of sp³-hybridized carbons (Fsp3) is 0.350. The second-order valence-corrected chi connectivity index (χ2v) is 6.11. The first-order valence-corrected chi connectivity index (χ1v) is 8.91. The van der Waals surface area contributed by atoms with E-state index in [0.717, 1.165) is 11.3 Å². The van der Waals surface area contributed by atoms with Crippen LogP contribution in [0.4, 0.5) is 5.88 Å². The summed E-state index contributed by atoms with van der Waals surface area (Å²) in [6, 6.07) is 9.71. The van der Waals surface area contributed by atoms with E-state index in [9.17, 15) is 10.1 Å². The van der Waals surface area contributed by atoms with Gasteiger partial charge in [-0.05, 0) is 12.1 Å². The van der Waals surface area contributed by atoms with Crippen LogP contribution in [0.3, 0.4) is 0 Å². The van der Waals surface area contributed by atoms with Crippen LogP contribution in [-0.2, 0) is 4.79 Å². The summed E-state index contributed by atoms with van der Waals surface area (Å²) in [6.07, 6.45) is 4.07. The monoisotopic (exact) mass is 366 g/mol. The first-order chi connectivity index (χ1) is 13.2. The fourth-order valence-corrected chi connectivity index (χ4v) is 3.03. The SMILES string of the molecule is CCC(=O)N1CCN(c2oc(/C=C/c3ccccc3OC)nc2C#N)CC1. The Balaban J connectivity index is 1.76. The van der Waals surface area contributed by atoms with Gasteiger partial charge in [-0.2, -0.15) is 10.2 Å². The predicted molar refractivity (Wildman–Crippen MR) is 102 cm³/mol. The molecule has 1 aliphatic heterocycles. The molecule has 2 heterocycles. The van der Waals surface area contributed by atoms with Crippen molar-refractivity contribution in [2.24, 2.45) is 0 Å². The van der Waals surface area contributed by atoms with Crippen LogP contribution in [0.2, 0.25) is 0 Å². The van der Waals surface area contributed by atoms with Crippen molar-refractivity contribution in [1.82, 2.24) is 9.88 Å². The first kappa shape index (κ1) is 18.5. The highest BCUT2D eigenvalue weighted by molar-refractivity contribution is 5.76. The molecule has 0 aliphatic carbocycles. The molecule has 1 aromatic carbocycles. The molecule has 1 saturated heterocycles. The quantitative estimate of drug-likeness (QED) is 0.809. The molecular formula is C20H22N4O3. The number of carbonyl (C=O) groups excluding carboxylic acids is 1. The Morgan fingerprint density at radius 2 is 2.04 bits per heavy atom. The summed E-state index contributed by atoms with van der Waals surface area (Å²) >= 11 is 0. The van der Waals surface area contributed by atoms with Gasteiger partial charge in [-0.3, -0.25) is 4.79 Å². The summed E-state index contributed by atoms with van der Waals surface area (Å²) in [5.74, 6) is 1.71. The molecule has 7 nitrogen and oxygen atoms in total. The topological polar surface area (TPSA) is 82.6 Å². The smallest absolute Gasteiger partial charge is 0.235 e. The van der Waals surface area contributed by atoms with Crippen LogP contribution >= 0.6 is 0 Å². The minimum atomic E-state index is 0.146. The van der Waals surface area contributed by atoms with Gasteiger partial charge in [-0.1, -0.05) is 25.1 Å². The summed E-state index contributed by atoms with van der Waals surface area (Å²) in [5, 5.41) is 9.40. The van der Waals surface area contributed by atoms with Crippen molar-refractivity contribution in [1.29, 1.82) is 5.26 Å². The molecule has 1 amide bonds. The zero-order valence-corrected chi connectivity index (χ0v) is 15.5. The van der Waals surface area contributed by atoms with E-state index in [2.05, 4.69) is 11.1 Å². The molecule has 0 bridgehead atoms. The molecule has 1 aliphatic rings. The molecule has 0 spiro atoms. The van der Waals surface area contributed by atoms with Gasteiger partial charge in [0.05, 0.1) is 7.11 Å². The maximum Gasteiger partial charge on any atom is 0.235 e. The van der Waals surface area contributed by atoms with Crippen LogP contribution < -0.4 is 9.64 Å². The highest BCUT2D eigenvalue weighted by Gasteiger charge is 2.25. The summed E-state index contributed by atoms with van der Waals surface area (Å²) in [5.41, 5.74) is 1.15. The van der Waals surface area contributed by atoms with Crippen LogP contribution in [-0.4, -0.2) is 49.1 Å². The lowest BCUT2D eigenvalue weighted by molar-refractivity contribution is -0.131. The number of carbonyl (C=O) groups is 1. The molecule has 0 atom stereocenters. The number of nitriles is 1. The van der Waals surface area contributed by atoms with Gasteiger partial charge in [0, 0.05) is 44.2 Å². The Kier molecular flexibility index (Phi) is 5.77. The third-order valence-corrected chi connectivity index (χ3v) is 4.50. The summed E-state index contributed by atoms with van der Waals surface area (Å²) in [6.45, 7) is 4.32. The standard InChI is InChI=1S/C20H22N4O3/c1-3-19(25)23-10-12-24(13-11-23)20-16(14-21)22-18(27-20)9-8-15-6-4-5-7-17(15)26-2/h4-9H,3,10-13H2,1-2H3/b9-8+. The Morgan fingerprint density at radius 3 is 2.70 bits per heavy atom. The third kappa shape index (κ3) is 4.11. The number of para-hydroxylation sites is 1. The van der Waals surface area contributed by atoms with Gasteiger partial charge in [0.25, 0.3) is 0 Å². The number of piperazine rings is 1. The highest BCUT2D eigenvalue weighted by atomic mass is 16.5. The average molecular weight is 366 g/mol. The molecule has 27 heavy (non-hydrogen) atoms. The van der Waals surface area contributed by atoms with E-state index in [1.807, 2.05) is 47.1 Å². The first-order valence-electron chi connectivity index (χ1n) is 8.91. The van der Waals surface area contributed by atoms with Crippen LogP contribution in [0.1, 0.15) is 30.5 Å². The minimum Gasteiger partial charge on any atom is -0.496 e. The van der Waals surface area contributed by atoms with Crippen molar-refractivity contribution in [3.8, 4) is 11.8 Å². The van der Waals surface area contributed by atoms with Crippen molar-refractivity contribution < 1.29 is 13.9 Å². The molecule has 0 unspecified atom stereocenters. The second-order valence-electron chi connectivity index (χ2n) is 6.11. The molecule has 0 radical (unpaired) electrons. The van der Waals surface area contributed by atoms with E-state index in [-0.39, 0.29) is 11.6 Å². The van der Waals surface area contributed by atoms with E-state index >= 15 is 0 Å². The number of benzene rings is 1. The van der Waals surface area contributed by atoms with Crippen molar-refractivity contribution in [3.63, 3.8) is 0 Å². The van der Waals surface area contributed by atoms with Gasteiger partial charge in [0.15, 0.2) is 0 Å². The summed E-state index contributed by atoms with van der Waals surface area (Å²) in [7, 11) is 1.62. The highest BCUT2D eigenvalue weighted by Crippen LogP contribution is 2.25. The van der Waals surface area contributed by atoms with Gasteiger partial charge < -0.3 is 19.0 Å². The maximum atomic E-state index is 11.8. The molecule has 0 saturated carbocycles. The number of anilines is 1. The van der Waals surface area contributed by atoms with Crippen LogP contribution in [0, 0.1) is 11.3 Å². The lowest BCUT2D eigenvalue weighted by Crippen LogP contribution is -2.48. The van der Waals surface area contributed by atoms with Crippen LogP contribution in [0.5, 0.6) is 5.75 Å². The lowest BCUT2D eigenvalue weighted by Gasteiger charge is -2.34. The molecule has 0 N–H and O–H groups in total. The fourth-order valence-electron chi connectivity index (χ4n) is 3.03. The lowest BCUT2D eigenvalue weighted by atomic mass is 10.2. The molecule has 140 valence electrons. The zero-order valence-electron chi connectivity index (χ0n) is 15.5. The largest absolute Gasteiger partial charge is 0.496 e. The number of amides is 1. The molecule has 2 aromatic rings. The van der Waals surface area contributed by atoms with Gasteiger partial charge >= 0.3 is 0 Å². The third-order valence-electron chi connectivity index (χ3n) is 4.50. The Hall–Kier alpha value is -3.27. The predicted octanol–water partition coefficient (Wildman–Crippen LogP) is 2.78. The molecule has 3 rings (SSSR count). The van der Waals surface area contributed by atoms with Gasteiger partial charge in [-0.25, -0.2) is 0 Å². The number of methoxy groups -OCH3 is 1. The van der Waals surface area contributed by atoms with E-state index in [1.165, 1.54) is 0 Å². The van der Waals surface area contributed by atoms with E-state index in [4.69, 9.17) is 9.15 Å². The van der Waals surface area contributed by atoms with Crippen molar-refractivity contribution in [3.05, 3.63) is 41.4 Å². The number of nitrogens with zero attached hydrogens (tertiary/aromatic N) is 4. The molecule has 1 fully saturated rings. The number of hydrogen-bond acceptors (Lipinski definition) is 6. The van der Waals surface area contributed by atoms with Crippen LogP contribution in [0.15, 0.2) is 28.7 Å². The number of oxazole rings is 1. The summed E-state index contributed by atoms with van der Waals surface area (Å²) in [4.78, 5) is 19.9. The van der Waals surface area contributed by atoms with Crippen molar-refractivity contribution >= 4 is 23.9 Å². The Morgan fingerprint density at radius 1 is 1.30 bits per heavy atom. The normalized spacial score (nSPS) is 14.4. The van der Waals surface area contributed by atoms with E-state index in [1.54, 1.807) is 13.2 Å². The van der Waals surface area contributed by atoms with E-state index < -0.39 is 0 Å². The summed E-state index contributed by atoms with van der Waals surface area (Å²) < 4.78 is 11.1. The number of ether oxygens (including phenoxy) is 1. The average Bonchev–Trinajstić information content (AvgIpc) is 3.15. The van der Waals surface area contributed by atoms with Crippen LogP contribution in [0.25, 0.3) is 12.2 Å². The number of hydrogen-bond donors (Lipinski definition) is 0. The number of aromatic nitrogens is 1. The van der Waals surface area contributed by atoms with Crippen molar-refractivity contribution in [2.75, 3.05) is 38.2 Å². The van der Waals surface area contributed by atoms with Gasteiger partial charge in [0.2, 0.25) is 23.4 Å². The Labute approximate surface area is 158 Å². The maximum absolute atomic E-state index is 11.8. The molecule has 1 aromatic heterocycles. The minimum absolute atomic E-state index is 0.146. The zero-order chi connectivity index (χ0) is 19.2. The Bertz CT molecular complexity index is 874. The van der Waals surface area contributed by atoms with Gasteiger partial charge in [-0.15, -0.1) is 0 Å². The molecular weight excluding hydrogens is 344 g/mol. The number of rotatable bonds is 5. The second kappa shape index (κ2) is 8.41. The molecule has 7 heteroatoms. The van der Waals surface area contributed by atoms with Crippen molar-refractivity contribution in [2.45, 2.75) is 13.3 Å². The van der Waals surface area contributed by atoms with E-state index in [0.29, 0.717) is 44.4 Å².